The molecule has 0 spiro atoms. The van der Waals surface area contributed by atoms with E-state index in [9.17, 15) is 9.59 Å². The number of urea groups is 1. The molecule has 0 bridgehead atoms. The minimum absolute atomic E-state index is 0.0131. The van der Waals surface area contributed by atoms with E-state index in [4.69, 9.17) is 4.74 Å². The molecule has 6 nitrogen and oxygen atoms in total. The average Bonchev–Trinajstić information content (AvgIpc) is 2.60. The number of ether oxygens (including phenoxy) is 1. The van der Waals surface area contributed by atoms with Crippen molar-refractivity contribution in [2.24, 2.45) is 5.92 Å². The van der Waals surface area contributed by atoms with Crippen molar-refractivity contribution in [1.82, 2.24) is 15.1 Å². The Morgan fingerprint density at radius 1 is 1.19 bits per heavy atom. The Morgan fingerprint density at radius 3 is 2.42 bits per heavy atom. The number of hydrogen-bond donors (Lipinski definition) is 1. The number of piperidine rings is 1. The Kier molecular flexibility index (Phi) is 6.89. The number of carbonyl (C=O) groups excluding carboxylic acids is 2. The first kappa shape index (κ1) is 20.1. The molecule has 1 unspecified atom stereocenters. The van der Waals surface area contributed by atoms with E-state index in [2.05, 4.69) is 5.32 Å². The molecule has 2 rings (SSSR count). The summed E-state index contributed by atoms with van der Waals surface area (Å²) in [6.07, 6.45) is 1.52. The van der Waals surface area contributed by atoms with E-state index in [1.807, 2.05) is 45.0 Å². The van der Waals surface area contributed by atoms with E-state index in [1.165, 1.54) is 0 Å². The molecule has 0 aromatic heterocycles. The third-order valence-corrected chi connectivity index (χ3v) is 4.61. The minimum Gasteiger partial charge on any atom is -0.491 e. The smallest absolute Gasteiger partial charge is 0.319 e. The van der Waals surface area contributed by atoms with Crippen LogP contribution in [0.2, 0.25) is 0 Å². The predicted molar refractivity (Wildman–Crippen MR) is 102 cm³/mol. The summed E-state index contributed by atoms with van der Waals surface area (Å²) in [6.45, 7) is 7.22. The van der Waals surface area contributed by atoms with Crippen molar-refractivity contribution in [1.29, 1.82) is 0 Å². The molecule has 1 aromatic carbocycles. The fourth-order valence-corrected chi connectivity index (χ4v) is 3.16. The Labute approximate surface area is 156 Å². The highest BCUT2D eigenvalue weighted by Gasteiger charge is 2.28. The van der Waals surface area contributed by atoms with Gasteiger partial charge in [-0.2, -0.15) is 0 Å². The first-order chi connectivity index (χ1) is 12.3. The number of benzene rings is 1. The number of likely N-dealkylation sites (tertiary alicyclic amines) is 1. The third-order valence-electron chi connectivity index (χ3n) is 4.61. The van der Waals surface area contributed by atoms with E-state index in [0.29, 0.717) is 25.9 Å². The van der Waals surface area contributed by atoms with Gasteiger partial charge in [-0.15, -0.1) is 0 Å². The van der Waals surface area contributed by atoms with E-state index >= 15 is 0 Å². The molecular weight excluding hydrogens is 330 g/mol. The summed E-state index contributed by atoms with van der Waals surface area (Å²) in [5.74, 6) is 0.831. The predicted octanol–water partition coefficient (Wildman–Crippen LogP) is 3.04. The van der Waals surface area contributed by atoms with Crippen molar-refractivity contribution in [3.05, 3.63) is 29.8 Å². The van der Waals surface area contributed by atoms with Crippen LogP contribution in [0.3, 0.4) is 0 Å². The summed E-state index contributed by atoms with van der Waals surface area (Å²) in [7, 11) is 3.50. The molecule has 0 aliphatic carbocycles. The Balaban J connectivity index is 1.89. The van der Waals surface area contributed by atoms with Gasteiger partial charge in [-0.05, 0) is 51.3 Å². The van der Waals surface area contributed by atoms with Crippen LogP contribution < -0.4 is 10.1 Å². The van der Waals surface area contributed by atoms with Gasteiger partial charge in [0.2, 0.25) is 5.91 Å². The Morgan fingerprint density at radius 2 is 1.85 bits per heavy atom. The maximum absolute atomic E-state index is 12.6. The number of rotatable bonds is 5. The van der Waals surface area contributed by atoms with Gasteiger partial charge >= 0.3 is 6.03 Å². The summed E-state index contributed by atoms with van der Waals surface area (Å²) in [5.41, 5.74) is 1.02. The van der Waals surface area contributed by atoms with Crippen LogP contribution in [0.25, 0.3) is 0 Å². The molecule has 1 atom stereocenters. The molecule has 26 heavy (non-hydrogen) atoms. The molecule has 1 fully saturated rings. The number of carbonyl (C=O) groups is 2. The van der Waals surface area contributed by atoms with Gasteiger partial charge in [0.05, 0.1) is 12.1 Å². The standard InChI is InChI=1S/C20H31N3O3/c1-14(2)26-18-8-6-7-17(13-18)15(3)21-19(24)16-9-11-23(12-10-16)20(25)22(4)5/h6-8,13-16H,9-12H2,1-5H3,(H,21,24). The fraction of sp³-hybridized carbons (Fsp3) is 0.600. The molecule has 1 heterocycles. The molecule has 1 aliphatic heterocycles. The van der Waals surface area contributed by atoms with Crippen LogP contribution in [0.15, 0.2) is 24.3 Å². The highest BCUT2D eigenvalue weighted by Crippen LogP contribution is 2.23. The van der Waals surface area contributed by atoms with Gasteiger partial charge in [0.1, 0.15) is 5.75 Å². The molecular formula is C20H31N3O3. The summed E-state index contributed by atoms with van der Waals surface area (Å²) >= 11 is 0. The van der Waals surface area contributed by atoms with Crippen LogP contribution in [-0.4, -0.2) is 55.0 Å². The topological polar surface area (TPSA) is 61.9 Å². The lowest BCUT2D eigenvalue weighted by Crippen LogP contribution is -2.46. The zero-order chi connectivity index (χ0) is 19.3. The van der Waals surface area contributed by atoms with Gasteiger partial charge in [0, 0.05) is 33.1 Å². The molecule has 1 saturated heterocycles. The lowest BCUT2D eigenvalue weighted by molar-refractivity contribution is -0.126. The molecule has 3 amide bonds. The third kappa shape index (κ3) is 5.38. The largest absolute Gasteiger partial charge is 0.491 e. The lowest BCUT2D eigenvalue weighted by Gasteiger charge is -2.33. The fourth-order valence-electron chi connectivity index (χ4n) is 3.16. The molecule has 144 valence electrons. The maximum atomic E-state index is 12.6. The van der Waals surface area contributed by atoms with Crippen LogP contribution in [0, 0.1) is 5.92 Å². The van der Waals surface area contributed by atoms with Crippen LogP contribution in [0.4, 0.5) is 4.79 Å². The monoisotopic (exact) mass is 361 g/mol. The van der Waals surface area contributed by atoms with Gasteiger partial charge in [0.15, 0.2) is 0 Å². The highest BCUT2D eigenvalue weighted by atomic mass is 16.5. The van der Waals surface area contributed by atoms with Gasteiger partial charge < -0.3 is 19.9 Å². The average molecular weight is 361 g/mol. The van der Waals surface area contributed by atoms with Gasteiger partial charge in [0.25, 0.3) is 0 Å². The molecule has 1 aliphatic rings. The second-order valence-electron chi connectivity index (χ2n) is 7.41. The van der Waals surface area contributed by atoms with E-state index in [-0.39, 0.29) is 30.0 Å². The van der Waals surface area contributed by atoms with Crippen molar-refractivity contribution in [3.63, 3.8) is 0 Å². The number of amides is 3. The van der Waals surface area contributed by atoms with Crippen molar-refractivity contribution < 1.29 is 14.3 Å². The summed E-state index contributed by atoms with van der Waals surface area (Å²) in [4.78, 5) is 28.0. The van der Waals surface area contributed by atoms with Crippen LogP contribution in [-0.2, 0) is 4.79 Å². The Hall–Kier alpha value is -2.24. The first-order valence-electron chi connectivity index (χ1n) is 9.31. The molecule has 0 radical (unpaired) electrons. The van der Waals surface area contributed by atoms with Crippen molar-refractivity contribution in [3.8, 4) is 5.75 Å². The highest BCUT2D eigenvalue weighted by molar-refractivity contribution is 5.80. The SMILES string of the molecule is CC(C)Oc1cccc(C(C)NC(=O)C2CCN(C(=O)N(C)C)CC2)c1. The van der Waals surface area contributed by atoms with Crippen molar-refractivity contribution >= 4 is 11.9 Å². The van der Waals surface area contributed by atoms with Crippen LogP contribution in [0.5, 0.6) is 5.75 Å². The first-order valence-corrected chi connectivity index (χ1v) is 9.31. The second kappa shape index (κ2) is 8.92. The van der Waals surface area contributed by atoms with Crippen LogP contribution in [0.1, 0.15) is 45.2 Å². The zero-order valence-corrected chi connectivity index (χ0v) is 16.5. The van der Waals surface area contributed by atoms with Crippen LogP contribution >= 0.6 is 0 Å². The molecule has 0 saturated carbocycles. The lowest BCUT2D eigenvalue weighted by atomic mass is 9.95. The van der Waals surface area contributed by atoms with Gasteiger partial charge in [-0.25, -0.2) is 4.79 Å². The number of nitrogens with one attached hydrogen (secondary N) is 1. The van der Waals surface area contributed by atoms with Gasteiger partial charge in [-0.3, -0.25) is 4.79 Å². The quantitative estimate of drug-likeness (QED) is 0.877. The molecule has 1 N–H and O–H groups in total. The Bertz CT molecular complexity index is 622. The van der Waals surface area contributed by atoms with E-state index in [0.717, 1.165) is 11.3 Å². The number of nitrogens with zero attached hydrogens (tertiary/aromatic N) is 2. The van der Waals surface area contributed by atoms with Crippen molar-refractivity contribution in [2.45, 2.75) is 45.8 Å². The molecule has 6 heteroatoms. The summed E-state index contributed by atoms with van der Waals surface area (Å²) < 4.78 is 5.73. The number of hydrogen-bond acceptors (Lipinski definition) is 3. The zero-order valence-electron chi connectivity index (χ0n) is 16.5. The van der Waals surface area contributed by atoms with Crippen molar-refractivity contribution in [2.75, 3.05) is 27.2 Å². The summed E-state index contributed by atoms with van der Waals surface area (Å²) in [6, 6.07) is 7.77. The maximum Gasteiger partial charge on any atom is 0.319 e. The van der Waals surface area contributed by atoms with E-state index in [1.54, 1.807) is 23.9 Å². The van der Waals surface area contributed by atoms with E-state index < -0.39 is 0 Å². The summed E-state index contributed by atoms with van der Waals surface area (Å²) in [5, 5.41) is 3.10. The second-order valence-corrected chi connectivity index (χ2v) is 7.41. The normalized spacial score (nSPS) is 16.3. The minimum atomic E-state index is -0.0837. The molecule has 1 aromatic rings. The van der Waals surface area contributed by atoms with Gasteiger partial charge in [-0.1, -0.05) is 12.1 Å².